The number of carbonyl (C=O) groups excluding carboxylic acids is 1. The van der Waals surface area contributed by atoms with E-state index in [9.17, 15) is 4.79 Å². The third-order valence-corrected chi connectivity index (χ3v) is 4.55. The van der Waals surface area contributed by atoms with E-state index in [0.717, 1.165) is 34.1 Å². The Morgan fingerprint density at radius 3 is 2.54 bits per heavy atom. The predicted molar refractivity (Wildman–Crippen MR) is 94.7 cm³/mol. The van der Waals surface area contributed by atoms with E-state index in [4.69, 9.17) is 0 Å². The monoisotopic (exact) mass is 341 g/mol. The van der Waals surface area contributed by atoms with Crippen LogP contribution in [0.2, 0.25) is 0 Å². The maximum absolute atomic E-state index is 12.1. The van der Waals surface area contributed by atoms with Gasteiger partial charge in [-0.1, -0.05) is 30.4 Å². The van der Waals surface area contributed by atoms with E-state index in [0.29, 0.717) is 11.6 Å². The van der Waals surface area contributed by atoms with Crippen molar-refractivity contribution in [3.8, 4) is 5.69 Å². The molecule has 24 heavy (non-hydrogen) atoms. The first-order valence-corrected chi connectivity index (χ1v) is 8.61. The molecule has 3 rings (SSSR count). The summed E-state index contributed by atoms with van der Waals surface area (Å²) >= 11 is 1.41. The SMILES string of the molecule is CCc1nnc(NC(=O)Cc2ccc(-n3nc(C)cc3C)cc2)s1. The Morgan fingerprint density at radius 1 is 1.21 bits per heavy atom. The van der Waals surface area contributed by atoms with Crippen molar-refractivity contribution in [2.24, 2.45) is 0 Å². The Morgan fingerprint density at radius 2 is 1.96 bits per heavy atom. The highest BCUT2D eigenvalue weighted by Crippen LogP contribution is 2.17. The number of nitrogens with one attached hydrogen (secondary N) is 1. The average molecular weight is 341 g/mol. The van der Waals surface area contributed by atoms with Crippen molar-refractivity contribution in [1.82, 2.24) is 20.0 Å². The van der Waals surface area contributed by atoms with Gasteiger partial charge < -0.3 is 5.32 Å². The summed E-state index contributed by atoms with van der Waals surface area (Å²) in [4.78, 5) is 12.1. The number of aryl methyl sites for hydroxylation is 3. The summed E-state index contributed by atoms with van der Waals surface area (Å²) in [6.45, 7) is 6.00. The standard InChI is InChI=1S/C17H19N5OS/c1-4-16-19-20-17(24-16)18-15(23)10-13-5-7-14(8-6-13)22-12(3)9-11(2)21-22/h5-9H,4,10H2,1-3H3,(H,18,20,23). The van der Waals surface area contributed by atoms with Crippen molar-refractivity contribution in [2.75, 3.05) is 5.32 Å². The molecule has 6 nitrogen and oxygen atoms in total. The molecule has 0 fully saturated rings. The number of rotatable bonds is 5. The second-order valence-corrected chi connectivity index (χ2v) is 6.65. The van der Waals surface area contributed by atoms with Crippen molar-refractivity contribution in [1.29, 1.82) is 0 Å². The molecule has 2 aromatic heterocycles. The Labute approximate surface area is 144 Å². The maximum Gasteiger partial charge on any atom is 0.230 e. The number of benzene rings is 1. The first kappa shape index (κ1) is 16.3. The van der Waals surface area contributed by atoms with E-state index in [-0.39, 0.29) is 5.91 Å². The van der Waals surface area contributed by atoms with Crippen LogP contribution in [0.4, 0.5) is 5.13 Å². The van der Waals surface area contributed by atoms with Gasteiger partial charge in [0.15, 0.2) is 0 Å². The van der Waals surface area contributed by atoms with Crippen LogP contribution in [0.25, 0.3) is 5.69 Å². The van der Waals surface area contributed by atoms with E-state index in [1.807, 2.05) is 55.8 Å². The van der Waals surface area contributed by atoms with Crippen molar-refractivity contribution in [2.45, 2.75) is 33.6 Å². The molecule has 7 heteroatoms. The third kappa shape index (κ3) is 3.68. The lowest BCUT2D eigenvalue weighted by atomic mass is 10.1. The quantitative estimate of drug-likeness (QED) is 0.774. The van der Waals surface area contributed by atoms with E-state index in [2.05, 4.69) is 20.6 Å². The minimum Gasteiger partial charge on any atom is -0.300 e. The Balaban J connectivity index is 1.65. The summed E-state index contributed by atoms with van der Waals surface area (Å²) in [5.74, 6) is -0.0901. The van der Waals surface area contributed by atoms with E-state index in [1.165, 1.54) is 11.3 Å². The summed E-state index contributed by atoms with van der Waals surface area (Å²) in [6, 6.07) is 9.88. The summed E-state index contributed by atoms with van der Waals surface area (Å²) < 4.78 is 1.90. The molecule has 3 aromatic rings. The lowest BCUT2D eigenvalue weighted by Crippen LogP contribution is -2.14. The van der Waals surface area contributed by atoms with Crippen LogP contribution in [0.15, 0.2) is 30.3 Å². The van der Waals surface area contributed by atoms with Crippen LogP contribution in [-0.2, 0) is 17.6 Å². The fourth-order valence-corrected chi connectivity index (χ4v) is 3.14. The van der Waals surface area contributed by atoms with Gasteiger partial charge in [-0.25, -0.2) is 4.68 Å². The molecule has 0 unspecified atom stereocenters. The van der Waals surface area contributed by atoms with Crippen molar-refractivity contribution in [3.63, 3.8) is 0 Å². The highest BCUT2D eigenvalue weighted by atomic mass is 32.1. The highest BCUT2D eigenvalue weighted by Gasteiger charge is 2.09. The topological polar surface area (TPSA) is 72.7 Å². The van der Waals surface area contributed by atoms with Gasteiger partial charge in [0.2, 0.25) is 11.0 Å². The van der Waals surface area contributed by atoms with Gasteiger partial charge in [-0.15, -0.1) is 10.2 Å². The first-order valence-electron chi connectivity index (χ1n) is 7.80. The summed E-state index contributed by atoms with van der Waals surface area (Å²) in [5, 5.41) is 16.7. The molecular weight excluding hydrogens is 322 g/mol. The second-order valence-electron chi connectivity index (χ2n) is 5.58. The molecule has 0 saturated heterocycles. The highest BCUT2D eigenvalue weighted by molar-refractivity contribution is 7.15. The lowest BCUT2D eigenvalue weighted by molar-refractivity contribution is -0.115. The fraction of sp³-hybridized carbons (Fsp3) is 0.294. The molecule has 0 atom stereocenters. The van der Waals surface area contributed by atoms with Gasteiger partial charge in [0.1, 0.15) is 5.01 Å². The Bertz CT molecular complexity index is 850. The zero-order valence-electron chi connectivity index (χ0n) is 13.9. The molecule has 0 saturated carbocycles. The minimum atomic E-state index is -0.0901. The molecule has 0 aliphatic rings. The van der Waals surface area contributed by atoms with Crippen molar-refractivity contribution < 1.29 is 4.79 Å². The van der Waals surface area contributed by atoms with Gasteiger partial charge in [-0.2, -0.15) is 5.10 Å². The van der Waals surface area contributed by atoms with E-state index >= 15 is 0 Å². The number of hydrogen-bond donors (Lipinski definition) is 1. The molecule has 0 radical (unpaired) electrons. The zero-order valence-corrected chi connectivity index (χ0v) is 14.7. The maximum atomic E-state index is 12.1. The van der Waals surface area contributed by atoms with Crippen LogP contribution >= 0.6 is 11.3 Å². The number of amides is 1. The second kappa shape index (κ2) is 6.92. The van der Waals surface area contributed by atoms with Crippen LogP contribution in [0.3, 0.4) is 0 Å². The number of aromatic nitrogens is 4. The van der Waals surface area contributed by atoms with E-state index < -0.39 is 0 Å². The van der Waals surface area contributed by atoms with Gasteiger partial charge >= 0.3 is 0 Å². The number of hydrogen-bond acceptors (Lipinski definition) is 5. The smallest absolute Gasteiger partial charge is 0.230 e. The van der Waals surface area contributed by atoms with Crippen molar-refractivity contribution >= 4 is 22.4 Å². The molecule has 0 aliphatic carbocycles. The minimum absolute atomic E-state index is 0.0901. The fourth-order valence-electron chi connectivity index (χ4n) is 2.44. The number of nitrogens with zero attached hydrogens (tertiary/aromatic N) is 4. The first-order chi connectivity index (χ1) is 11.5. The van der Waals surface area contributed by atoms with Gasteiger partial charge in [-0.05, 0) is 44.0 Å². The summed E-state index contributed by atoms with van der Waals surface area (Å²) in [5.41, 5.74) is 4.00. The van der Waals surface area contributed by atoms with Gasteiger partial charge in [0.05, 0.1) is 17.8 Å². The van der Waals surface area contributed by atoms with Crippen LogP contribution in [-0.4, -0.2) is 25.9 Å². The van der Waals surface area contributed by atoms with Gasteiger partial charge in [0, 0.05) is 5.69 Å². The van der Waals surface area contributed by atoms with Crippen LogP contribution in [0.5, 0.6) is 0 Å². The molecule has 0 bridgehead atoms. The molecule has 1 N–H and O–H groups in total. The molecule has 2 heterocycles. The molecule has 124 valence electrons. The van der Waals surface area contributed by atoms with Crippen LogP contribution < -0.4 is 5.32 Å². The van der Waals surface area contributed by atoms with Gasteiger partial charge in [-0.3, -0.25) is 4.79 Å². The molecule has 0 aliphatic heterocycles. The lowest BCUT2D eigenvalue weighted by Gasteiger charge is -2.06. The summed E-state index contributed by atoms with van der Waals surface area (Å²) in [6.07, 6.45) is 1.12. The molecule has 0 spiro atoms. The largest absolute Gasteiger partial charge is 0.300 e. The van der Waals surface area contributed by atoms with Gasteiger partial charge in [0.25, 0.3) is 0 Å². The Hall–Kier alpha value is -2.54. The summed E-state index contributed by atoms with van der Waals surface area (Å²) in [7, 11) is 0. The molecule has 1 aromatic carbocycles. The molecular formula is C17H19N5OS. The van der Waals surface area contributed by atoms with Crippen LogP contribution in [0, 0.1) is 13.8 Å². The van der Waals surface area contributed by atoms with Crippen molar-refractivity contribution in [3.05, 3.63) is 52.3 Å². The predicted octanol–water partition coefficient (Wildman–Crippen LogP) is 3.08. The zero-order chi connectivity index (χ0) is 17.1. The number of carbonyl (C=O) groups is 1. The normalized spacial score (nSPS) is 10.8. The molecule has 1 amide bonds. The van der Waals surface area contributed by atoms with Crippen LogP contribution in [0.1, 0.15) is 28.9 Å². The Kier molecular flexibility index (Phi) is 4.71. The van der Waals surface area contributed by atoms with E-state index in [1.54, 1.807) is 0 Å². The number of anilines is 1. The third-order valence-electron chi connectivity index (χ3n) is 3.57. The average Bonchev–Trinajstić information content (AvgIpc) is 3.14.